The molecule has 4 N–H and O–H groups in total. The predicted octanol–water partition coefficient (Wildman–Crippen LogP) is 3.47. The van der Waals surface area contributed by atoms with Gasteiger partial charge in [-0.05, 0) is 47.7 Å². The largest absolute Gasteiger partial charge is 0.586 e. The summed E-state index contributed by atoms with van der Waals surface area (Å²) in [4.78, 5) is 28.2. The van der Waals surface area contributed by atoms with Crippen molar-refractivity contribution < 1.29 is 27.8 Å². The van der Waals surface area contributed by atoms with Crippen LogP contribution in [0.15, 0.2) is 48.0 Å². The molecule has 0 atom stereocenters. The summed E-state index contributed by atoms with van der Waals surface area (Å²) in [7, 11) is 0. The van der Waals surface area contributed by atoms with Crippen molar-refractivity contribution in [1.29, 1.82) is 0 Å². The number of hydrogen-bond donors (Lipinski definition) is 3. The van der Waals surface area contributed by atoms with Gasteiger partial charge in [-0.25, -0.2) is 0 Å². The molecule has 0 radical (unpaired) electrons. The van der Waals surface area contributed by atoms with E-state index in [0.717, 1.165) is 5.56 Å². The van der Waals surface area contributed by atoms with Gasteiger partial charge in [-0.3, -0.25) is 14.6 Å². The molecule has 0 fully saturated rings. The standard InChI is InChI=1S/C20H16F2N4O4S/c21-20(22)29-15-2-1-12(10-16(15)30-20)26-19(28)17-13(5-8-31-17)24-6-3-11-4-7-25-14(9-11)18(23)27/h1-2,4-5,7-10,24H,3,6H2,(H2,23,27)(H,26,28). The third kappa shape index (κ3) is 4.72. The van der Waals surface area contributed by atoms with E-state index in [4.69, 9.17) is 5.73 Å². The maximum atomic E-state index is 13.1. The van der Waals surface area contributed by atoms with E-state index in [1.165, 1.54) is 35.7 Å². The Balaban J connectivity index is 1.38. The van der Waals surface area contributed by atoms with Gasteiger partial charge in [0.2, 0.25) is 0 Å². The van der Waals surface area contributed by atoms with Crippen LogP contribution < -0.4 is 25.8 Å². The first-order valence-electron chi connectivity index (χ1n) is 9.08. The average molecular weight is 446 g/mol. The van der Waals surface area contributed by atoms with Crippen molar-refractivity contribution in [3.05, 3.63) is 64.1 Å². The van der Waals surface area contributed by atoms with Gasteiger partial charge < -0.3 is 25.8 Å². The van der Waals surface area contributed by atoms with Gasteiger partial charge in [0.1, 0.15) is 10.6 Å². The molecule has 3 aromatic rings. The zero-order valence-corrected chi connectivity index (χ0v) is 16.7. The number of aromatic nitrogens is 1. The normalized spacial score (nSPS) is 13.6. The Kier molecular flexibility index (Phi) is 5.42. The third-order valence-electron chi connectivity index (χ3n) is 4.34. The molecule has 4 rings (SSSR count). The summed E-state index contributed by atoms with van der Waals surface area (Å²) in [6.07, 6.45) is -1.63. The van der Waals surface area contributed by atoms with E-state index < -0.39 is 18.1 Å². The first-order valence-corrected chi connectivity index (χ1v) is 9.96. The number of ether oxygens (including phenoxy) is 2. The van der Waals surface area contributed by atoms with E-state index in [1.807, 2.05) is 0 Å². The quantitative estimate of drug-likeness (QED) is 0.512. The Morgan fingerprint density at radius 3 is 2.74 bits per heavy atom. The van der Waals surface area contributed by atoms with Crippen LogP contribution in [0, 0.1) is 0 Å². The molecule has 160 valence electrons. The van der Waals surface area contributed by atoms with Crippen molar-refractivity contribution in [2.45, 2.75) is 12.7 Å². The van der Waals surface area contributed by atoms with Gasteiger partial charge >= 0.3 is 6.29 Å². The fourth-order valence-corrected chi connectivity index (χ4v) is 3.71. The van der Waals surface area contributed by atoms with Crippen molar-refractivity contribution in [3.8, 4) is 11.5 Å². The lowest BCUT2D eigenvalue weighted by molar-refractivity contribution is -0.286. The molecule has 0 spiro atoms. The van der Waals surface area contributed by atoms with Crippen LogP contribution in [0.4, 0.5) is 20.2 Å². The highest BCUT2D eigenvalue weighted by atomic mass is 32.1. The summed E-state index contributed by atoms with van der Waals surface area (Å²) in [6, 6.07) is 9.18. The topological polar surface area (TPSA) is 116 Å². The molecule has 1 aromatic carbocycles. The highest BCUT2D eigenvalue weighted by Crippen LogP contribution is 2.42. The van der Waals surface area contributed by atoms with Crippen LogP contribution in [0.25, 0.3) is 0 Å². The molecule has 0 unspecified atom stereocenters. The number of anilines is 2. The molecule has 0 saturated heterocycles. The number of hydrogen-bond acceptors (Lipinski definition) is 7. The van der Waals surface area contributed by atoms with Gasteiger partial charge in [-0.15, -0.1) is 20.1 Å². The van der Waals surface area contributed by atoms with Crippen molar-refractivity contribution in [2.24, 2.45) is 5.73 Å². The van der Waals surface area contributed by atoms with Gasteiger partial charge in [0.25, 0.3) is 11.8 Å². The summed E-state index contributed by atoms with van der Waals surface area (Å²) in [6.45, 7) is 0.498. The molecular formula is C20H16F2N4O4S. The van der Waals surface area contributed by atoms with Crippen molar-refractivity contribution in [3.63, 3.8) is 0 Å². The van der Waals surface area contributed by atoms with Gasteiger partial charge in [-0.1, -0.05) is 0 Å². The summed E-state index contributed by atoms with van der Waals surface area (Å²) in [5.41, 5.74) is 7.21. The van der Waals surface area contributed by atoms with Crippen LogP contribution in [-0.2, 0) is 6.42 Å². The van der Waals surface area contributed by atoms with Crippen molar-refractivity contribution in [2.75, 3.05) is 17.2 Å². The number of nitrogens with two attached hydrogens (primary N) is 1. The van der Waals surface area contributed by atoms with Crippen LogP contribution >= 0.6 is 11.3 Å². The fraction of sp³-hybridized carbons (Fsp3) is 0.150. The van der Waals surface area contributed by atoms with Crippen LogP contribution in [0.5, 0.6) is 11.5 Å². The summed E-state index contributed by atoms with van der Waals surface area (Å²) in [5.74, 6) is -1.25. The number of nitrogens with zero attached hydrogens (tertiary/aromatic N) is 1. The first-order chi connectivity index (χ1) is 14.8. The average Bonchev–Trinajstić information content (AvgIpc) is 3.30. The van der Waals surface area contributed by atoms with Crippen LogP contribution in [0.2, 0.25) is 0 Å². The minimum absolute atomic E-state index is 0.0999. The Labute approximate surface area is 179 Å². The number of carbonyl (C=O) groups is 2. The number of primary amides is 1. The van der Waals surface area contributed by atoms with Crippen LogP contribution in [0.1, 0.15) is 25.7 Å². The predicted molar refractivity (Wildman–Crippen MR) is 110 cm³/mol. The number of fused-ring (bicyclic) bond motifs is 1. The molecule has 1 aliphatic rings. The minimum Gasteiger partial charge on any atom is -0.395 e. The maximum absolute atomic E-state index is 13.1. The highest BCUT2D eigenvalue weighted by Gasteiger charge is 2.43. The molecule has 0 saturated carbocycles. The molecule has 0 aliphatic carbocycles. The van der Waals surface area contributed by atoms with E-state index in [2.05, 4.69) is 25.1 Å². The van der Waals surface area contributed by atoms with E-state index in [-0.39, 0.29) is 17.2 Å². The van der Waals surface area contributed by atoms with Crippen LogP contribution in [-0.4, -0.2) is 29.6 Å². The first kappa shape index (κ1) is 20.5. The van der Waals surface area contributed by atoms with E-state index in [9.17, 15) is 18.4 Å². The van der Waals surface area contributed by atoms with E-state index in [1.54, 1.807) is 23.6 Å². The summed E-state index contributed by atoms with van der Waals surface area (Å²) < 4.78 is 35.0. The second-order valence-corrected chi connectivity index (χ2v) is 7.45. The Bertz CT molecular complexity index is 1150. The molecule has 11 heteroatoms. The number of amides is 2. The lowest BCUT2D eigenvalue weighted by Gasteiger charge is -2.09. The second kappa shape index (κ2) is 8.19. The molecule has 31 heavy (non-hydrogen) atoms. The van der Waals surface area contributed by atoms with E-state index >= 15 is 0 Å². The zero-order valence-electron chi connectivity index (χ0n) is 15.9. The van der Waals surface area contributed by atoms with Gasteiger partial charge in [-0.2, -0.15) is 0 Å². The lowest BCUT2D eigenvalue weighted by atomic mass is 10.1. The molecule has 8 nitrogen and oxygen atoms in total. The van der Waals surface area contributed by atoms with E-state index in [0.29, 0.717) is 29.2 Å². The third-order valence-corrected chi connectivity index (χ3v) is 5.25. The van der Waals surface area contributed by atoms with Crippen molar-refractivity contribution in [1.82, 2.24) is 4.98 Å². The molecule has 2 aromatic heterocycles. The monoisotopic (exact) mass is 446 g/mol. The Morgan fingerprint density at radius 2 is 1.94 bits per heavy atom. The summed E-state index contributed by atoms with van der Waals surface area (Å²) >= 11 is 1.23. The molecule has 1 aliphatic heterocycles. The van der Waals surface area contributed by atoms with Gasteiger partial charge in [0, 0.05) is 24.5 Å². The second-order valence-electron chi connectivity index (χ2n) is 6.54. The Hall–Kier alpha value is -3.73. The number of benzene rings is 1. The minimum atomic E-state index is -3.72. The molecular weight excluding hydrogens is 430 g/mol. The van der Waals surface area contributed by atoms with Gasteiger partial charge in [0.15, 0.2) is 11.5 Å². The molecule has 3 heterocycles. The lowest BCUT2D eigenvalue weighted by Crippen LogP contribution is -2.25. The van der Waals surface area contributed by atoms with Gasteiger partial charge in [0.05, 0.1) is 5.69 Å². The SMILES string of the molecule is NC(=O)c1cc(CCNc2ccsc2C(=O)Nc2ccc3c(c2)OC(F)(F)O3)ccn1. The summed E-state index contributed by atoms with van der Waals surface area (Å²) in [5, 5.41) is 7.60. The number of thiophene rings is 1. The number of halogens is 2. The Morgan fingerprint density at radius 1 is 1.13 bits per heavy atom. The molecule has 2 amide bonds. The fourth-order valence-electron chi connectivity index (χ4n) is 2.94. The zero-order chi connectivity index (χ0) is 22.0. The maximum Gasteiger partial charge on any atom is 0.586 e. The van der Waals surface area contributed by atoms with Crippen LogP contribution in [0.3, 0.4) is 0 Å². The highest BCUT2D eigenvalue weighted by molar-refractivity contribution is 7.12. The molecule has 0 bridgehead atoms. The number of alkyl halides is 2. The number of nitrogens with one attached hydrogen (secondary N) is 2. The van der Waals surface area contributed by atoms with Crippen molar-refractivity contribution >= 4 is 34.5 Å². The smallest absolute Gasteiger partial charge is 0.395 e. The number of carbonyl (C=O) groups excluding carboxylic acids is 2. The number of pyridine rings is 1. The number of rotatable bonds is 7.